The van der Waals surface area contributed by atoms with Crippen LogP contribution in [-0.4, -0.2) is 5.11 Å². The number of hydrogen-bond acceptors (Lipinski definition) is 2. The van der Waals surface area contributed by atoms with Crippen molar-refractivity contribution in [2.24, 2.45) is 0 Å². The summed E-state index contributed by atoms with van der Waals surface area (Å²) in [6, 6.07) is 13.0. The van der Waals surface area contributed by atoms with Gasteiger partial charge in [-0.3, -0.25) is 0 Å². The van der Waals surface area contributed by atoms with Crippen molar-refractivity contribution in [3.05, 3.63) is 70.5 Å². The Labute approximate surface area is 111 Å². The molecule has 0 aliphatic heterocycles. The van der Waals surface area contributed by atoms with Crippen LogP contribution >= 0.6 is 0 Å². The number of nitriles is 1. The summed E-state index contributed by atoms with van der Waals surface area (Å²) in [5.74, 6) is -0.337. The molecule has 2 aromatic rings. The molecular weight excluding hydrogens is 241 g/mol. The third kappa shape index (κ3) is 2.49. The van der Waals surface area contributed by atoms with E-state index in [0.29, 0.717) is 16.7 Å². The molecule has 0 aliphatic carbocycles. The molecule has 0 unspecified atom stereocenters. The molecule has 3 heteroatoms. The molecule has 0 aliphatic rings. The van der Waals surface area contributed by atoms with E-state index in [1.807, 2.05) is 6.92 Å². The quantitative estimate of drug-likeness (QED) is 0.895. The first kappa shape index (κ1) is 13.3. The van der Waals surface area contributed by atoms with Gasteiger partial charge in [0, 0.05) is 0 Å². The number of aryl methyl sites for hydroxylation is 1. The zero-order valence-electron chi connectivity index (χ0n) is 10.8. The van der Waals surface area contributed by atoms with Crippen LogP contribution in [0.4, 0.5) is 4.39 Å². The minimum Gasteiger partial charge on any atom is -0.381 e. The SMILES string of the molecule is Cc1cc(C#N)ccc1[C@](C)(O)c1ccc(F)cc1. The molecule has 0 saturated carbocycles. The summed E-state index contributed by atoms with van der Waals surface area (Å²) in [7, 11) is 0. The molecular formula is C16H14FNO. The first-order chi connectivity index (χ1) is 8.95. The summed E-state index contributed by atoms with van der Waals surface area (Å²) >= 11 is 0. The molecule has 0 heterocycles. The predicted octanol–water partition coefficient (Wildman–Crippen LogP) is 3.26. The maximum atomic E-state index is 12.9. The van der Waals surface area contributed by atoms with Crippen molar-refractivity contribution in [2.75, 3.05) is 0 Å². The molecule has 2 nitrogen and oxygen atoms in total. The van der Waals surface area contributed by atoms with E-state index in [4.69, 9.17) is 5.26 Å². The Morgan fingerprint density at radius 1 is 1.16 bits per heavy atom. The zero-order chi connectivity index (χ0) is 14.0. The van der Waals surface area contributed by atoms with Gasteiger partial charge in [0.25, 0.3) is 0 Å². The monoisotopic (exact) mass is 255 g/mol. The maximum Gasteiger partial charge on any atom is 0.123 e. The Kier molecular flexibility index (Phi) is 3.37. The van der Waals surface area contributed by atoms with Crippen LogP contribution in [0.5, 0.6) is 0 Å². The third-order valence-electron chi connectivity index (χ3n) is 3.29. The van der Waals surface area contributed by atoms with E-state index < -0.39 is 5.60 Å². The van der Waals surface area contributed by atoms with Crippen LogP contribution in [0.1, 0.15) is 29.2 Å². The van der Waals surface area contributed by atoms with Gasteiger partial charge in [-0.05, 0) is 54.8 Å². The van der Waals surface area contributed by atoms with Gasteiger partial charge in [0.05, 0.1) is 11.6 Å². The Hall–Kier alpha value is -2.18. The molecule has 0 bridgehead atoms. The minimum atomic E-state index is -1.22. The summed E-state index contributed by atoms with van der Waals surface area (Å²) in [5.41, 5.74) is 1.48. The topological polar surface area (TPSA) is 44.0 Å². The van der Waals surface area contributed by atoms with Crippen molar-refractivity contribution in [3.63, 3.8) is 0 Å². The van der Waals surface area contributed by atoms with Crippen molar-refractivity contribution in [1.29, 1.82) is 5.26 Å². The van der Waals surface area contributed by atoms with Crippen LogP contribution in [0.25, 0.3) is 0 Å². The van der Waals surface area contributed by atoms with E-state index in [2.05, 4.69) is 6.07 Å². The zero-order valence-corrected chi connectivity index (χ0v) is 10.8. The van der Waals surface area contributed by atoms with Crippen LogP contribution in [-0.2, 0) is 5.60 Å². The maximum absolute atomic E-state index is 12.9. The van der Waals surface area contributed by atoms with Crippen molar-refractivity contribution in [2.45, 2.75) is 19.4 Å². The standard InChI is InChI=1S/C16H14FNO/c1-11-9-12(10-18)3-8-15(11)16(2,19)13-4-6-14(17)7-5-13/h3-9,19H,1-2H3/t16-/m1/s1. The van der Waals surface area contributed by atoms with Gasteiger partial charge in [-0.15, -0.1) is 0 Å². The molecule has 0 radical (unpaired) electrons. The molecule has 1 N–H and O–H groups in total. The summed E-state index contributed by atoms with van der Waals surface area (Å²) in [6.45, 7) is 3.50. The van der Waals surface area contributed by atoms with Crippen molar-refractivity contribution < 1.29 is 9.50 Å². The lowest BCUT2D eigenvalue weighted by molar-refractivity contribution is 0.101. The molecule has 2 rings (SSSR count). The lowest BCUT2D eigenvalue weighted by atomic mass is 9.85. The van der Waals surface area contributed by atoms with E-state index in [9.17, 15) is 9.50 Å². The first-order valence-electron chi connectivity index (χ1n) is 5.95. The van der Waals surface area contributed by atoms with Gasteiger partial charge in [-0.1, -0.05) is 18.2 Å². The highest BCUT2D eigenvalue weighted by Gasteiger charge is 2.27. The molecule has 19 heavy (non-hydrogen) atoms. The predicted molar refractivity (Wildman–Crippen MR) is 71.0 cm³/mol. The molecule has 96 valence electrons. The van der Waals surface area contributed by atoms with E-state index in [0.717, 1.165) is 5.56 Å². The van der Waals surface area contributed by atoms with Gasteiger partial charge in [0.15, 0.2) is 0 Å². The van der Waals surface area contributed by atoms with Crippen molar-refractivity contribution in [3.8, 4) is 6.07 Å². The lowest BCUT2D eigenvalue weighted by Gasteiger charge is -2.26. The Bertz CT molecular complexity index is 639. The smallest absolute Gasteiger partial charge is 0.123 e. The summed E-state index contributed by atoms with van der Waals surface area (Å²) in [5, 5.41) is 19.5. The van der Waals surface area contributed by atoms with Crippen LogP contribution in [0, 0.1) is 24.1 Å². The van der Waals surface area contributed by atoms with Gasteiger partial charge in [-0.25, -0.2) is 4.39 Å². The molecule has 0 fully saturated rings. The van der Waals surface area contributed by atoms with Crippen molar-refractivity contribution in [1.82, 2.24) is 0 Å². The summed E-state index contributed by atoms with van der Waals surface area (Å²) in [6.07, 6.45) is 0. The van der Waals surface area contributed by atoms with E-state index >= 15 is 0 Å². The number of rotatable bonds is 2. The fourth-order valence-electron chi connectivity index (χ4n) is 2.21. The molecule has 0 saturated heterocycles. The largest absolute Gasteiger partial charge is 0.381 e. The number of benzene rings is 2. The number of hydrogen-bond donors (Lipinski definition) is 1. The number of halogens is 1. The van der Waals surface area contributed by atoms with Crippen LogP contribution in [0.3, 0.4) is 0 Å². The summed E-state index contributed by atoms with van der Waals surface area (Å²) < 4.78 is 12.9. The van der Waals surface area contributed by atoms with E-state index in [1.165, 1.54) is 12.1 Å². The summed E-state index contributed by atoms with van der Waals surface area (Å²) in [4.78, 5) is 0. The Morgan fingerprint density at radius 3 is 2.32 bits per heavy atom. The van der Waals surface area contributed by atoms with Gasteiger partial charge in [0.2, 0.25) is 0 Å². The second-order valence-electron chi connectivity index (χ2n) is 4.72. The highest BCUT2D eigenvalue weighted by Crippen LogP contribution is 2.31. The number of aliphatic hydroxyl groups is 1. The second kappa shape index (κ2) is 4.83. The normalized spacial score (nSPS) is 13.6. The van der Waals surface area contributed by atoms with E-state index in [-0.39, 0.29) is 5.82 Å². The molecule has 0 aromatic heterocycles. The Balaban J connectivity index is 2.50. The van der Waals surface area contributed by atoms with Gasteiger partial charge >= 0.3 is 0 Å². The first-order valence-corrected chi connectivity index (χ1v) is 5.95. The Morgan fingerprint density at radius 2 is 1.79 bits per heavy atom. The lowest BCUT2D eigenvalue weighted by Crippen LogP contribution is -2.24. The highest BCUT2D eigenvalue weighted by molar-refractivity contribution is 5.44. The molecule has 1 atom stereocenters. The average Bonchev–Trinajstić information content (AvgIpc) is 2.38. The third-order valence-corrected chi connectivity index (χ3v) is 3.29. The minimum absolute atomic E-state index is 0.337. The molecule has 0 amide bonds. The van der Waals surface area contributed by atoms with Crippen LogP contribution < -0.4 is 0 Å². The number of nitrogens with zero attached hydrogens (tertiary/aromatic N) is 1. The van der Waals surface area contributed by atoms with Gasteiger partial charge in [0.1, 0.15) is 11.4 Å². The fourth-order valence-corrected chi connectivity index (χ4v) is 2.21. The highest BCUT2D eigenvalue weighted by atomic mass is 19.1. The van der Waals surface area contributed by atoms with Crippen LogP contribution in [0.2, 0.25) is 0 Å². The van der Waals surface area contributed by atoms with Gasteiger partial charge < -0.3 is 5.11 Å². The average molecular weight is 255 g/mol. The van der Waals surface area contributed by atoms with Crippen LogP contribution in [0.15, 0.2) is 42.5 Å². The fraction of sp³-hybridized carbons (Fsp3) is 0.188. The van der Waals surface area contributed by atoms with E-state index in [1.54, 1.807) is 37.3 Å². The van der Waals surface area contributed by atoms with Crippen molar-refractivity contribution >= 4 is 0 Å². The molecule has 0 spiro atoms. The van der Waals surface area contributed by atoms with Gasteiger partial charge in [-0.2, -0.15) is 5.26 Å². The second-order valence-corrected chi connectivity index (χ2v) is 4.72. The molecule has 2 aromatic carbocycles.